The van der Waals surface area contributed by atoms with Gasteiger partial charge in [0, 0.05) is 12.7 Å². The van der Waals surface area contributed by atoms with E-state index < -0.39 is 0 Å². The third-order valence-corrected chi connectivity index (χ3v) is 11.2. The summed E-state index contributed by atoms with van der Waals surface area (Å²) in [7, 11) is 0. The average Bonchev–Trinajstić information content (AvgIpc) is 3.31. The second-order valence-electron chi connectivity index (χ2n) is 12.6. The van der Waals surface area contributed by atoms with E-state index in [9.17, 15) is 0 Å². The highest BCUT2D eigenvalue weighted by atomic mass is 15.3. The third-order valence-electron chi connectivity index (χ3n) is 11.2. The van der Waals surface area contributed by atoms with Gasteiger partial charge in [0.25, 0.3) is 0 Å². The van der Waals surface area contributed by atoms with Crippen molar-refractivity contribution in [2.45, 2.75) is 98.4 Å². The highest BCUT2D eigenvalue weighted by Gasteiger charge is 2.60. The standard InChI is InChI=1S/C28H43N3/c1-19-5-6-22-7-8-23-25-10-9-24(20(2)17-31-18-21(15-29)16-30-31)28(25,4)14-12-26(23)27(22,3)13-11-19/h16,18-20,22-26H,5-14,17H2,1-4H3/t19-,20-,22?,23+,24-,25?,26?,27+,28-/m1/s1. The number of aromatic nitrogens is 2. The van der Waals surface area contributed by atoms with Crippen LogP contribution in [0.25, 0.3) is 0 Å². The summed E-state index contributed by atoms with van der Waals surface area (Å²) < 4.78 is 2.02. The summed E-state index contributed by atoms with van der Waals surface area (Å²) in [6.07, 6.45) is 18.3. The van der Waals surface area contributed by atoms with Crippen LogP contribution in [0.15, 0.2) is 12.4 Å². The zero-order valence-electron chi connectivity index (χ0n) is 20.3. The zero-order chi connectivity index (χ0) is 21.8. The summed E-state index contributed by atoms with van der Waals surface area (Å²) in [5.74, 6) is 6.25. The molecule has 0 spiro atoms. The molecule has 0 N–H and O–H groups in total. The van der Waals surface area contributed by atoms with Crippen molar-refractivity contribution in [3.8, 4) is 6.07 Å². The molecule has 3 heteroatoms. The molecule has 9 atom stereocenters. The Morgan fingerprint density at radius 2 is 1.77 bits per heavy atom. The van der Waals surface area contributed by atoms with Crippen LogP contribution in [0.4, 0.5) is 0 Å². The maximum atomic E-state index is 9.13. The largest absolute Gasteiger partial charge is 0.271 e. The van der Waals surface area contributed by atoms with E-state index in [0.717, 1.165) is 42.1 Å². The van der Waals surface area contributed by atoms with E-state index in [4.69, 9.17) is 5.26 Å². The molecule has 0 saturated heterocycles. The molecule has 5 rings (SSSR count). The first kappa shape index (κ1) is 21.5. The predicted octanol–water partition coefficient (Wildman–Crippen LogP) is 7.08. The first-order chi connectivity index (χ1) is 14.8. The van der Waals surface area contributed by atoms with Gasteiger partial charge in [0.15, 0.2) is 0 Å². The lowest BCUT2D eigenvalue weighted by molar-refractivity contribution is -0.103. The molecule has 3 unspecified atom stereocenters. The molecule has 0 radical (unpaired) electrons. The second-order valence-corrected chi connectivity index (χ2v) is 12.6. The van der Waals surface area contributed by atoms with Crippen molar-refractivity contribution in [2.75, 3.05) is 0 Å². The third kappa shape index (κ3) is 3.48. The molecule has 1 aromatic rings. The Bertz CT molecular complexity index is 836. The van der Waals surface area contributed by atoms with E-state index in [1.807, 2.05) is 10.9 Å². The summed E-state index contributed by atoms with van der Waals surface area (Å²) in [4.78, 5) is 0. The van der Waals surface area contributed by atoms with Crippen LogP contribution in [0.5, 0.6) is 0 Å². The van der Waals surface area contributed by atoms with E-state index in [1.54, 1.807) is 6.20 Å². The lowest BCUT2D eigenvalue weighted by Gasteiger charge is -2.59. The topological polar surface area (TPSA) is 41.6 Å². The fourth-order valence-corrected chi connectivity index (χ4v) is 9.50. The van der Waals surface area contributed by atoms with E-state index in [-0.39, 0.29) is 0 Å². The molecule has 4 aliphatic carbocycles. The maximum absolute atomic E-state index is 9.13. The minimum Gasteiger partial charge on any atom is -0.271 e. The molecule has 0 aliphatic heterocycles. The molecule has 0 aromatic carbocycles. The Balaban J connectivity index is 1.33. The van der Waals surface area contributed by atoms with Crippen LogP contribution in [0.2, 0.25) is 0 Å². The number of hydrogen-bond donors (Lipinski definition) is 0. The van der Waals surface area contributed by atoms with E-state index >= 15 is 0 Å². The van der Waals surface area contributed by atoms with Crippen LogP contribution in [0.3, 0.4) is 0 Å². The Hall–Kier alpha value is -1.30. The first-order valence-corrected chi connectivity index (χ1v) is 13.3. The number of fused-ring (bicyclic) bond motifs is 5. The number of nitrogens with zero attached hydrogens (tertiary/aromatic N) is 3. The van der Waals surface area contributed by atoms with Crippen molar-refractivity contribution in [1.82, 2.24) is 9.78 Å². The van der Waals surface area contributed by atoms with Gasteiger partial charge in [-0.15, -0.1) is 0 Å². The molecule has 1 aromatic heterocycles. The molecule has 4 aliphatic rings. The van der Waals surface area contributed by atoms with Crippen LogP contribution >= 0.6 is 0 Å². The maximum Gasteiger partial charge on any atom is 0.102 e. The Labute approximate surface area is 190 Å². The Kier molecular flexibility index (Phi) is 5.51. The van der Waals surface area contributed by atoms with Crippen LogP contribution in [0, 0.1) is 63.6 Å². The van der Waals surface area contributed by atoms with Crippen molar-refractivity contribution >= 4 is 0 Å². The lowest BCUT2D eigenvalue weighted by atomic mass is 9.46. The molecule has 1 heterocycles. The van der Waals surface area contributed by atoms with Gasteiger partial charge in [-0.2, -0.15) is 10.4 Å². The van der Waals surface area contributed by atoms with Gasteiger partial charge in [0.2, 0.25) is 0 Å². The minimum absolute atomic E-state index is 0.507. The highest BCUT2D eigenvalue weighted by molar-refractivity contribution is 5.21. The fraction of sp³-hybridized carbons (Fsp3) is 0.857. The molecule has 4 fully saturated rings. The highest BCUT2D eigenvalue weighted by Crippen LogP contribution is 2.68. The molecular formula is C28H43N3. The van der Waals surface area contributed by atoms with Gasteiger partial charge in [0.05, 0.1) is 11.8 Å². The lowest BCUT2D eigenvalue weighted by Crippen LogP contribution is -2.52. The van der Waals surface area contributed by atoms with Crippen LogP contribution < -0.4 is 0 Å². The summed E-state index contributed by atoms with van der Waals surface area (Å²) in [5.41, 5.74) is 1.81. The molecule has 0 amide bonds. The van der Waals surface area contributed by atoms with Crippen LogP contribution in [-0.4, -0.2) is 9.78 Å². The number of hydrogen-bond acceptors (Lipinski definition) is 2. The smallest absolute Gasteiger partial charge is 0.102 e. The van der Waals surface area contributed by atoms with Crippen LogP contribution in [-0.2, 0) is 6.54 Å². The molecule has 170 valence electrons. The quantitative estimate of drug-likeness (QED) is 0.523. The van der Waals surface area contributed by atoms with Crippen molar-refractivity contribution < 1.29 is 0 Å². The monoisotopic (exact) mass is 421 g/mol. The summed E-state index contributed by atoms with van der Waals surface area (Å²) in [5, 5.41) is 13.6. The van der Waals surface area contributed by atoms with Crippen molar-refractivity contribution in [1.29, 1.82) is 5.26 Å². The molecule has 3 nitrogen and oxygen atoms in total. The van der Waals surface area contributed by atoms with Crippen molar-refractivity contribution in [2.24, 2.45) is 52.3 Å². The van der Waals surface area contributed by atoms with E-state index in [1.165, 1.54) is 64.2 Å². The normalized spacial score (nSPS) is 45.6. The van der Waals surface area contributed by atoms with E-state index in [2.05, 4.69) is 38.9 Å². The van der Waals surface area contributed by atoms with Gasteiger partial charge in [-0.3, -0.25) is 4.68 Å². The molecule has 0 bridgehead atoms. The zero-order valence-corrected chi connectivity index (χ0v) is 20.3. The average molecular weight is 422 g/mol. The predicted molar refractivity (Wildman–Crippen MR) is 125 cm³/mol. The van der Waals surface area contributed by atoms with Crippen molar-refractivity contribution in [3.05, 3.63) is 18.0 Å². The Morgan fingerprint density at radius 1 is 1.03 bits per heavy atom. The van der Waals surface area contributed by atoms with Gasteiger partial charge >= 0.3 is 0 Å². The summed E-state index contributed by atoms with van der Waals surface area (Å²) >= 11 is 0. The van der Waals surface area contributed by atoms with Crippen LogP contribution in [0.1, 0.15) is 97.5 Å². The molecule has 4 saturated carbocycles. The fourth-order valence-electron chi connectivity index (χ4n) is 9.50. The first-order valence-electron chi connectivity index (χ1n) is 13.3. The molecular weight excluding hydrogens is 378 g/mol. The molecule has 31 heavy (non-hydrogen) atoms. The van der Waals surface area contributed by atoms with Gasteiger partial charge in [-0.05, 0) is 104 Å². The van der Waals surface area contributed by atoms with Crippen molar-refractivity contribution in [3.63, 3.8) is 0 Å². The van der Waals surface area contributed by atoms with Gasteiger partial charge < -0.3 is 0 Å². The summed E-state index contributed by atoms with van der Waals surface area (Å²) in [6.45, 7) is 11.3. The van der Waals surface area contributed by atoms with Gasteiger partial charge in [0.1, 0.15) is 6.07 Å². The summed E-state index contributed by atoms with van der Waals surface area (Å²) in [6, 6.07) is 2.22. The number of nitriles is 1. The second kappa shape index (κ2) is 7.93. The number of rotatable bonds is 3. The minimum atomic E-state index is 0.507. The van der Waals surface area contributed by atoms with E-state index in [0.29, 0.717) is 22.3 Å². The van der Waals surface area contributed by atoms with Gasteiger partial charge in [-0.25, -0.2) is 0 Å². The Morgan fingerprint density at radius 3 is 2.55 bits per heavy atom. The SMILES string of the molecule is C[C@@H]1CCC2CC[C@@H]3C(CC[C@@]4(C)C3CC[C@@H]4[C@H](C)Cn3cc(C#N)cn3)[C@@]2(C)CC1. The van der Waals surface area contributed by atoms with Gasteiger partial charge in [-0.1, -0.05) is 40.5 Å².